The van der Waals surface area contributed by atoms with Gasteiger partial charge in [0.05, 0.1) is 7.11 Å². The first-order chi connectivity index (χ1) is 10.7. The van der Waals surface area contributed by atoms with Crippen molar-refractivity contribution >= 4 is 16.5 Å². The van der Waals surface area contributed by atoms with Crippen molar-refractivity contribution in [1.29, 1.82) is 0 Å². The van der Waals surface area contributed by atoms with E-state index in [1.54, 1.807) is 7.11 Å². The molecule has 0 saturated heterocycles. The molecule has 0 aliphatic carbocycles. The summed E-state index contributed by atoms with van der Waals surface area (Å²) in [6.07, 6.45) is 0. The zero-order chi connectivity index (χ0) is 15.5. The van der Waals surface area contributed by atoms with Crippen molar-refractivity contribution in [1.82, 2.24) is 0 Å². The molecule has 3 aromatic rings. The Bertz CT molecular complexity index is 808. The van der Waals surface area contributed by atoms with Gasteiger partial charge in [-0.1, -0.05) is 36.4 Å². The monoisotopic (exact) mass is 291 g/mol. The fourth-order valence-electron chi connectivity index (χ4n) is 2.73. The Morgan fingerprint density at radius 1 is 0.909 bits per heavy atom. The third-order valence-corrected chi connectivity index (χ3v) is 4.19. The second kappa shape index (κ2) is 6.10. The summed E-state index contributed by atoms with van der Waals surface area (Å²) >= 11 is 0. The van der Waals surface area contributed by atoms with Crippen LogP contribution in [0.4, 0.5) is 5.69 Å². The summed E-state index contributed by atoms with van der Waals surface area (Å²) in [4.78, 5) is 0. The molecule has 0 radical (unpaired) electrons. The summed E-state index contributed by atoms with van der Waals surface area (Å²) in [6.45, 7) is 5.01. The molecule has 0 amide bonds. The number of anilines is 1. The molecule has 0 aromatic heterocycles. The number of methoxy groups -OCH3 is 1. The number of fused-ring (bicyclic) bond motifs is 1. The molecule has 0 saturated carbocycles. The highest BCUT2D eigenvalue weighted by molar-refractivity contribution is 5.88. The van der Waals surface area contributed by atoms with Crippen molar-refractivity contribution in [3.05, 3.63) is 71.3 Å². The molecule has 0 aliphatic heterocycles. The fourth-order valence-corrected chi connectivity index (χ4v) is 2.73. The van der Waals surface area contributed by atoms with E-state index in [0.717, 1.165) is 18.0 Å². The van der Waals surface area contributed by atoms with Crippen LogP contribution < -0.4 is 10.1 Å². The van der Waals surface area contributed by atoms with Crippen LogP contribution in [0.2, 0.25) is 0 Å². The van der Waals surface area contributed by atoms with Crippen molar-refractivity contribution < 1.29 is 4.74 Å². The number of nitrogens with one attached hydrogen (secondary N) is 1. The second-order valence-electron chi connectivity index (χ2n) is 5.62. The summed E-state index contributed by atoms with van der Waals surface area (Å²) in [5, 5.41) is 5.99. The Labute approximate surface area is 131 Å². The van der Waals surface area contributed by atoms with Crippen LogP contribution in [0, 0.1) is 13.8 Å². The summed E-state index contributed by atoms with van der Waals surface area (Å²) in [5.41, 5.74) is 4.94. The summed E-state index contributed by atoms with van der Waals surface area (Å²) in [6, 6.07) is 19.0. The van der Waals surface area contributed by atoms with Crippen molar-refractivity contribution in [2.75, 3.05) is 12.4 Å². The van der Waals surface area contributed by atoms with Crippen molar-refractivity contribution in [2.45, 2.75) is 20.4 Å². The highest BCUT2D eigenvalue weighted by Gasteiger charge is 2.08. The predicted molar refractivity (Wildman–Crippen MR) is 93.7 cm³/mol. The molecule has 0 unspecified atom stereocenters. The Hall–Kier alpha value is -2.48. The van der Waals surface area contributed by atoms with E-state index in [1.165, 1.54) is 27.5 Å². The molecular formula is C20H21NO. The minimum atomic E-state index is 0.743. The number of hydrogen-bond donors (Lipinski definition) is 1. The molecule has 0 atom stereocenters. The number of hydrogen-bond acceptors (Lipinski definition) is 2. The molecule has 3 rings (SSSR count). The van der Waals surface area contributed by atoms with Gasteiger partial charge in [-0.25, -0.2) is 0 Å². The Morgan fingerprint density at radius 2 is 1.73 bits per heavy atom. The minimum absolute atomic E-state index is 0.743. The van der Waals surface area contributed by atoms with Crippen LogP contribution in [-0.2, 0) is 6.54 Å². The largest absolute Gasteiger partial charge is 0.496 e. The standard InChI is InChI=1S/C20H21NO/c1-14-8-10-17(12-15(14)2)21-13-19-18-7-5-4-6-16(18)9-11-20(19)22-3/h4-12,21H,13H2,1-3H3. The van der Waals surface area contributed by atoms with Gasteiger partial charge in [0.25, 0.3) is 0 Å². The van der Waals surface area contributed by atoms with Crippen LogP contribution in [-0.4, -0.2) is 7.11 Å². The lowest BCUT2D eigenvalue weighted by molar-refractivity contribution is 0.411. The Morgan fingerprint density at radius 3 is 2.50 bits per heavy atom. The smallest absolute Gasteiger partial charge is 0.124 e. The molecule has 112 valence electrons. The van der Waals surface area contributed by atoms with Gasteiger partial charge in [0.2, 0.25) is 0 Å². The minimum Gasteiger partial charge on any atom is -0.496 e. The van der Waals surface area contributed by atoms with Gasteiger partial charge >= 0.3 is 0 Å². The highest BCUT2D eigenvalue weighted by Crippen LogP contribution is 2.29. The molecular weight excluding hydrogens is 270 g/mol. The van der Waals surface area contributed by atoms with Gasteiger partial charge in [-0.2, -0.15) is 0 Å². The average molecular weight is 291 g/mol. The van der Waals surface area contributed by atoms with Gasteiger partial charge in [-0.3, -0.25) is 0 Å². The molecule has 0 spiro atoms. The molecule has 0 aliphatic rings. The van der Waals surface area contributed by atoms with E-state index in [-0.39, 0.29) is 0 Å². The first-order valence-electron chi connectivity index (χ1n) is 7.55. The summed E-state index contributed by atoms with van der Waals surface area (Å²) in [5.74, 6) is 0.926. The first-order valence-corrected chi connectivity index (χ1v) is 7.55. The van der Waals surface area contributed by atoms with Crippen LogP contribution in [0.25, 0.3) is 10.8 Å². The van der Waals surface area contributed by atoms with Gasteiger partial charge in [0.1, 0.15) is 5.75 Å². The van der Waals surface area contributed by atoms with E-state index >= 15 is 0 Å². The van der Waals surface area contributed by atoms with Crippen LogP contribution in [0.5, 0.6) is 5.75 Å². The topological polar surface area (TPSA) is 21.3 Å². The number of benzene rings is 3. The van der Waals surface area contributed by atoms with Gasteiger partial charge in [0, 0.05) is 17.8 Å². The number of rotatable bonds is 4. The highest BCUT2D eigenvalue weighted by atomic mass is 16.5. The maximum atomic E-state index is 5.54. The van der Waals surface area contributed by atoms with Gasteiger partial charge in [-0.15, -0.1) is 0 Å². The lowest BCUT2D eigenvalue weighted by atomic mass is 10.0. The predicted octanol–water partition coefficient (Wildman–Crippen LogP) is 5.08. The van der Waals surface area contributed by atoms with Gasteiger partial charge in [-0.05, 0) is 53.9 Å². The van der Waals surface area contributed by atoms with Crippen LogP contribution >= 0.6 is 0 Å². The van der Waals surface area contributed by atoms with Gasteiger partial charge in [0.15, 0.2) is 0 Å². The van der Waals surface area contributed by atoms with E-state index in [0.29, 0.717) is 0 Å². The van der Waals surface area contributed by atoms with Crippen LogP contribution in [0.1, 0.15) is 16.7 Å². The normalized spacial score (nSPS) is 10.7. The zero-order valence-electron chi connectivity index (χ0n) is 13.3. The first kappa shape index (κ1) is 14.5. The quantitative estimate of drug-likeness (QED) is 0.724. The third-order valence-electron chi connectivity index (χ3n) is 4.19. The molecule has 1 N–H and O–H groups in total. The van der Waals surface area contributed by atoms with Crippen molar-refractivity contribution in [2.24, 2.45) is 0 Å². The SMILES string of the molecule is COc1ccc2ccccc2c1CNc1ccc(C)c(C)c1. The number of aryl methyl sites for hydroxylation is 2. The fraction of sp³-hybridized carbons (Fsp3) is 0.200. The summed E-state index contributed by atoms with van der Waals surface area (Å²) in [7, 11) is 1.73. The molecule has 0 fully saturated rings. The molecule has 22 heavy (non-hydrogen) atoms. The molecule has 0 bridgehead atoms. The zero-order valence-corrected chi connectivity index (χ0v) is 13.3. The molecule has 3 aromatic carbocycles. The third kappa shape index (κ3) is 2.77. The van der Waals surface area contributed by atoms with Gasteiger partial charge < -0.3 is 10.1 Å². The lowest BCUT2D eigenvalue weighted by Crippen LogP contribution is -2.03. The Kier molecular flexibility index (Phi) is 4.01. The average Bonchev–Trinajstić information content (AvgIpc) is 2.55. The molecule has 0 heterocycles. The van der Waals surface area contributed by atoms with E-state index in [9.17, 15) is 0 Å². The van der Waals surface area contributed by atoms with E-state index in [2.05, 4.69) is 67.7 Å². The second-order valence-corrected chi connectivity index (χ2v) is 5.62. The van der Waals surface area contributed by atoms with Crippen LogP contribution in [0.3, 0.4) is 0 Å². The van der Waals surface area contributed by atoms with Crippen molar-refractivity contribution in [3.63, 3.8) is 0 Å². The van der Waals surface area contributed by atoms with E-state index in [4.69, 9.17) is 4.74 Å². The van der Waals surface area contributed by atoms with Crippen molar-refractivity contribution in [3.8, 4) is 5.75 Å². The number of ether oxygens (including phenoxy) is 1. The maximum Gasteiger partial charge on any atom is 0.124 e. The van der Waals surface area contributed by atoms with E-state index < -0.39 is 0 Å². The van der Waals surface area contributed by atoms with E-state index in [1.807, 2.05) is 6.07 Å². The summed E-state index contributed by atoms with van der Waals surface area (Å²) < 4.78 is 5.54. The lowest BCUT2D eigenvalue weighted by Gasteiger charge is -2.14. The molecule has 2 heteroatoms. The van der Waals surface area contributed by atoms with Crippen LogP contribution in [0.15, 0.2) is 54.6 Å². The maximum absolute atomic E-state index is 5.54. The molecule has 2 nitrogen and oxygen atoms in total. The Balaban J connectivity index is 1.93.